The normalized spacial score (nSPS) is 11.9. The van der Waals surface area contributed by atoms with E-state index in [1.807, 2.05) is 29.2 Å². The molecule has 0 aromatic heterocycles. The monoisotopic (exact) mass is 540 g/mol. The van der Waals surface area contributed by atoms with Crippen molar-refractivity contribution in [1.29, 1.82) is 0 Å². The number of methoxy groups -OCH3 is 1. The molecule has 0 aliphatic rings. The van der Waals surface area contributed by atoms with Crippen molar-refractivity contribution >= 4 is 11.7 Å². The fourth-order valence-electron chi connectivity index (χ4n) is 4.34. The van der Waals surface area contributed by atoms with Gasteiger partial charge in [-0.05, 0) is 52.1 Å². The zero-order valence-corrected chi connectivity index (χ0v) is 25.7. The van der Waals surface area contributed by atoms with E-state index in [-0.39, 0.29) is 23.7 Å². The first-order valence-electron chi connectivity index (χ1n) is 14.4. The van der Waals surface area contributed by atoms with Crippen LogP contribution in [-0.4, -0.2) is 44.6 Å². The molecule has 39 heavy (non-hydrogen) atoms. The van der Waals surface area contributed by atoms with Gasteiger partial charge in [0.15, 0.2) is 6.79 Å². The molecule has 0 unspecified atom stereocenters. The molecule has 2 aromatic carbocycles. The van der Waals surface area contributed by atoms with E-state index in [4.69, 9.17) is 14.2 Å². The summed E-state index contributed by atoms with van der Waals surface area (Å²) in [5.74, 6) is 0.737. The first kappa shape index (κ1) is 32.6. The quantitative estimate of drug-likeness (QED) is 0.182. The van der Waals surface area contributed by atoms with Gasteiger partial charge in [0.2, 0.25) is 0 Å². The van der Waals surface area contributed by atoms with E-state index < -0.39 is 0 Å². The molecule has 2 amide bonds. The minimum absolute atomic E-state index is 0.00646. The van der Waals surface area contributed by atoms with Gasteiger partial charge in [0, 0.05) is 25.9 Å². The van der Waals surface area contributed by atoms with Gasteiger partial charge in [0.05, 0.1) is 13.2 Å². The maximum Gasteiger partial charge on any atom is 0.322 e. The Hall–Kier alpha value is -2.57. The largest absolute Gasteiger partial charge is 0.468 e. The number of anilines is 1. The van der Waals surface area contributed by atoms with Gasteiger partial charge < -0.3 is 24.4 Å². The minimum Gasteiger partial charge on any atom is -0.468 e. The van der Waals surface area contributed by atoms with Crippen molar-refractivity contribution in [2.24, 2.45) is 0 Å². The molecule has 0 fully saturated rings. The Balaban J connectivity index is 2.18. The predicted molar refractivity (Wildman–Crippen MR) is 162 cm³/mol. The minimum atomic E-state index is -0.0902. The zero-order valence-electron chi connectivity index (χ0n) is 25.7. The van der Waals surface area contributed by atoms with Gasteiger partial charge in [0.25, 0.3) is 0 Å². The molecule has 2 aromatic rings. The van der Waals surface area contributed by atoms with Crippen molar-refractivity contribution in [3.63, 3.8) is 0 Å². The number of hydrogen-bond acceptors (Lipinski definition) is 4. The van der Waals surface area contributed by atoms with Crippen LogP contribution in [0.4, 0.5) is 10.5 Å². The fourth-order valence-corrected chi connectivity index (χ4v) is 4.34. The first-order valence-corrected chi connectivity index (χ1v) is 14.4. The van der Waals surface area contributed by atoms with E-state index in [1.165, 1.54) is 24.8 Å². The smallest absolute Gasteiger partial charge is 0.322 e. The molecule has 0 spiro atoms. The number of benzene rings is 2. The number of ether oxygens (including phenoxy) is 3. The van der Waals surface area contributed by atoms with Crippen molar-refractivity contribution in [3.8, 4) is 5.75 Å². The predicted octanol–water partition coefficient (Wildman–Crippen LogP) is 8.29. The van der Waals surface area contributed by atoms with E-state index >= 15 is 0 Å². The number of unbranched alkanes of at least 4 members (excludes halogenated alkanes) is 4. The Morgan fingerprint density at radius 1 is 0.872 bits per heavy atom. The highest BCUT2D eigenvalue weighted by Crippen LogP contribution is 2.34. The molecule has 6 heteroatoms. The standard InChI is InChI=1S/C33H52N2O4/c1-9-10-11-12-13-20-35(24-26-14-17-28(18-15-26)39-25-38-22-21-37-8)31(36)34-30-23-27(32(2,3)4)16-19-29(30)33(5,6)7/h14-19,23H,9-13,20-22,24-25H2,1-8H3,(H,34,36). The van der Waals surface area contributed by atoms with Crippen molar-refractivity contribution in [3.05, 3.63) is 59.2 Å². The van der Waals surface area contributed by atoms with Crippen molar-refractivity contribution in [2.75, 3.05) is 39.0 Å². The molecule has 0 radical (unpaired) electrons. The Kier molecular flexibility index (Phi) is 13.3. The van der Waals surface area contributed by atoms with Gasteiger partial charge in [-0.2, -0.15) is 0 Å². The van der Waals surface area contributed by atoms with E-state index in [2.05, 4.69) is 72.0 Å². The van der Waals surface area contributed by atoms with Crippen LogP contribution < -0.4 is 10.1 Å². The third-order valence-electron chi connectivity index (χ3n) is 6.79. The van der Waals surface area contributed by atoms with Crippen LogP contribution in [-0.2, 0) is 26.8 Å². The number of hydrogen-bond donors (Lipinski definition) is 1. The molecule has 0 heterocycles. The van der Waals surface area contributed by atoms with Crippen LogP contribution in [0.1, 0.15) is 97.3 Å². The molecule has 0 aliphatic carbocycles. The second-order valence-corrected chi connectivity index (χ2v) is 12.3. The molecule has 0 saturated carbocycles. The topological polar surface area (TPSA) is 60.0 Å². The summed E-state index contributed by atoms with van der Waals surface area (Å²) in [7, 11) is 1.64. The summed E-state index contributed by atoms with van der Waals surface area (Å²) in [5.41, 5.74) is 4.21. The van der Waals surface area contributed by atoms with Crippen molar-refractivity contribution in [1.82, 2.24) is 4.90 Å². The highest BCUT2D eigenvalue weighted by Gasteiger charge is 2.24. The van der Waals surface area contributed by atoms with Crippen molar-refractivity contribution < 1.29 is 19.0 Å². The van der Waals surface area contributed by atoms with E-state index in [0.29, 0.717) is 26.3 Å². The van der Waals surface area contributed by atoms with Gasteiger partial charge in [-0.15, -0.1) is 0 Å². The summed E-state index contributed by atoms with van der Waals surface area (Å²) < 4.78 is 16.0. The second kappa shape index (κ2) is 15.9. The maximum absolute atomic E-state index is 13.7. The highest BCUT2D eigenvalue weighted by atomic mass is 16.7. The zero-order chi connectivity index (χ0) is 28.9. The first-order chi connectivity index (χ1) is 18.5. The molecular weight excluding hydrogens is 488 g/mol. The summed E-state index contributed by atoms with van der Waals surface area (Å²) in [6.07, 6.45) is 5.75. The average molecular weight is 541 g/mol. The molecule has 6 nitrogen and oxygen atoms in total. The summed E-state index contributed by atoms with van der Waals surface area (Å²) >= 11 is 0. The van der Waals surface area contributed by atoms with Crippen LogP contribution in [0.2, 0.25) is 0 Å². The van der Waals surface area contributed by atoms with E-state index in [1.54, 1.807) is 7.11 Å². The van der Waals surface area contributed by atoms with Crippen LogP contribution in [0.25, 0.3) is 0 Å². The maximum atomic E-state index is 13.7. The van der Waals surface area contributed by atoms with Crippen molar-refractivity contribution in [2.45, 2.75) is 97.9 Å². The van der Waals surface area contributed by atoms with Gasteiger partial charge in [-0.1, -0.05) is 98.4 Å². The second-order valence-electron chi connectivity index (χ2n) is 12.3. The van der Waals surface area contributed by atoms with Crippen LogP contribution in [0.15, 0.2) is 42.5 Å². The number of rotatable bonds is 15. The number of carbonyl (C=O) groups excluding carboxylic acids is 1. The Morgan fingerprint density at radius 2 is 1.56 bits per heavy atom. The van der Waals surface area contributed by atoms with E-state index in [0.717, 1.165) is 35.4 Å². The number of nitrogens with zero attached hydrogens (tertiary/aromatic N) is 1. The fraction of sp³-hybridized carbons (Fsp3) is 0.606. The average Bonchev–Trinajstić information content (AvgIpc) is 2.87. The number of nitrogens with one attached hydrogen (secondary N) is 1. The van der Waals surface area contributed by atoms with Gasteiger partial charge in [-0.3, -0.25) is 0 Å². The lowest BCUT2D eigenvalue weighted by Crippen LogP contribution is -2.36. The SMILES string of the molecule is CCCCCCCN(Cc1ccc(OCOCCOC)cc1)C(=O)Nc1cc(C(C)(C)C)ccc1C(C)(C)C. The molecule has 0 bridgehead atoms. The van der Waals surface area contributed by atoms with Gasteiger partial charge in [0.1, 0.15) is 5.75 Å². The molecule has 218 valence electrons. The Labute approximate surface area is 237 Å². The van der Waals surface area contributed by atoms with Gasteiger partial charge in [-0.25, -0.2) is 4.79 Å². The molecule has 0 saturated heterocycles. The Morgan fingerprint density at radius 3 is 2.18 bits per heavy atom. The van der Waals surface area contributed by atoms with Crippen LogP contribution in [0.3, 0.4) is 0 Å². The summed E-state index contributed by atoms with van der Waals surface area (Å²) in [4.78, 5) is 15.7. The summed E-state index contributed by atoms with van der Waals surface area (Å²) in [6, 6.07) is 14.3. The molecular formula is C33H52N2O4. The molecule has 0 aliphatic heterocycles. The van der Waals surface area contributed by atoms with Gasteiger partial charge >= 0.3 is 6.03 Å². The Bertz CT molecular complexity index is 990. The summed E-state index contributed by atoms with van der Waals surface area (Å²) in [6.45, 7) is 17.8. The third kappa shape index (κ3) is 11.6. The number of amides is 2. The number of carbonyl (C=O) groups is 1. The molecule has 0 atom stereocenters. The van der Waals surface area contributed by atoms with E-state index in [9.17, 15) is 4.79 Å². The lowest BCUT2D eigenvalue weighted by molar-refractivity contribution is -0.00847. The third-order valence-corrected chi connectivity index (χ3v) is 6.79. The lowest BCUT2D eigenvalue weighted by atomic mass is 9.81. The van der Waals surface area contributed by atoms with Crippen LogP contribution >= 0.6 is 0 Å². The summed E-state index contributed by atoms with van der Waals surface area (Å²) in [5, 5.41) is 3.29. The highest BCUT2D eigenvalue weighted by molar-refractivity contribution is 5.90. The van der Waals surface area contributed by atoms with Crippen LogP contribution in [0, 0.1) is 0 Å². The molecule has 1 N–H and O–H groups in total. The number of urea groups is 1. The molecule has 2 rings (SSSR count). The van der Waals surface area contributed by atoms with Crippen LogP contribution in [0.5, 0.6) is 5.75 Å². The lowest BCUT2D eigenvalue weighted by Gasteiger charge is -2.29.